The first-order valence-corrected chi connectivity index (χ1v) is 10.8. The monoisotopic (exact) mass is 447 g/mol. The molecular weight excluding hydrogens is 427 g/mol. The van der Waals surface area contributed by atoms with Crippen molar-refractivity contribution in [2.45, 2.75) is 26.0 Å². The number of rotatable bonds is 5. The second-order valence-electron chi connectivity index (χ2n) is 7.00. The molecule has 0 radical (unpaired) electrons. The predicted octanol–water partition coefficient (Wildman–Crippen LogP) is 5.01. The Labute approximate surface area is 173 Å². The summed E-state index contributed by atoms with van der Waals surface area (Å²) in [5.41, 5.74) is 1.08. The van der Waals surface area contributed by atoms with Crippen LogP contribution in [0, 0.1) is 42.9 Å². The van der Waals surface area contributed by atoms with Gasteiger partial charge in [0, 0.05) is 16.5 Å². The van der Waals surface area contributed by atoms with Crippen LogP contribution in [0.1, 0.15) is 28.4 Å². The Morgan fingerprint density at radius 1 is 0.900 bits per heavy atom. The summed E-state index contributed by atoms with van der Waals surface area (Å²) in [6.45, 7) is 6.17. The summed E-state index contributed by atoms with van der Waals surface area (Å²) in [5, 5.41) is -0.213. The number of halogens is 5. The number of hydrogen-bond donors (Lipinski definition) is 0. The van der Waals surface area contributed by atoms with Gasteiger partial charge in [-0.2, -0.15) is 8.78 Å². The van der Waals surface area contributed by atoms with Crippen LogP contribution in [-0.4, -0.2) is 35.8 Å². The molecule has 1 aliphatic rings. The fourth-order valence-corrected chi connectivity index (χ4v) is 5.32. The van der Waals surface area contributed by atoms with Crippen LogP contribution in [0.15, 0.2) is 12.1 Å². The Bertz CT molecular complexity index is 937. The summed E-state index contributed by atoms with van der Waals surface area (Å²) >= 11 is 0. The number of hydrogen-bond acceptors (Lipinski definition) is 3. The highest BCUT2D eigenvalue weighted by atomic mass is 32.2. The molecule has 1 aliphatic heterocycles. The highest BCUT2D eigenvalue weighted by Crippen LogP contribution is 2.36. The van der Waals surface area contributed by atoms with Gasteiger partial charge in [-0.05, 0) is 44.0 Å². The molecule has 30 heavy (non-hydrogen) atoms. The lowest BCUT2D eigenvalue weighted by molar-refractivity contribution is 0.0991. The zero-order chi connectivity index (χ0) is 22.2. The number of ether oxygens (including phenoxy) is 2. The van der Waals surface area contributed by atoms with Crippen molar-refractivity contribution >= 4 is 16.7 Å². The summed E-state index contributed by atoms with van der Waals surface area (Å²) < 4.78 is 78.5. The van der Waals surface area contributed by atoms with E-state index in [1.54, 1.807) is 0 Å². The number of ketones is 1. The van der Waals surface area contributed by atoms with E-state index in [2.05, 4.69) is 0 Å². The summed E-state index contributed by atoms with van der Waals surface area (Å²) in [6.07, 6.45) is 0. The lowest BCUT2D eigenvalue weighted by Crippen LogP contribution is -2.38. The molecule has 1 heterocycles. The van der Waals surface area contributed by atoms with Crippen molar-refractivity contribution in [3.8, 4) is 11.5 Å². The molecule has 0 spiro atoms. The van der Waals surface area contributed by atoms with E-state index in [9.17, 15) is 26.7 Å². The van der Waals surface area contributed by atoms with Crippen molar-refractivity contribution in [2.24, 2.45) is 0 Å². The van der Waals surface area contributed by atoms with Crippen LogP contribution >= 0.6 is 0 Å². The molecule has 2 aromatic rings. The van der Waals surface area contributed by atoms with E-state index in [-0.39, 0.29) is 27.7 Å². The fourth-order valence-electron chi connectivity index (χ4n) is 3.31. The molecule has 3 nitrogen and oxygen atoms in total. The molecule has 1 fully saturated rings. The Hall–Kier alpha value is -2.13. The van der Waals surface area contributed by atoms with Gasteiger partial charge < -0.3 is 9.47 Å². The number of carbonyl (C=O) groups is 1. The second kappa shape index (κ2) is 8.93. The van der Waals surface area contributed by atoms with E-state index in [0.717, 1.165) is 11.5 Å². The van der Waals surface area contributed by atoms with Crippen LogP contribution in [0.2, 0.25) is 0 Å². The first-order chi connectivity index (χ1) is 14.1. The quantitative estimate of drug-likeness (QED) is 0.213. The minimum Gasteiger partial charge on any atom is -0.450 e. The van der Waals surface area contributed by atoms with Gasteiger partial charge in [-0.25, -0.2) is 13.2 Å². The summed E-state index contributed by atoms with van der Waals surface area (Å²) in [6, 6.07) is 2.99. The van der Waals surface area contributed by atoms with Gasteiger partial charge in [-0.15, -0.1) is 0 Å². The molecule has 0 aromatic heterocycles. The third-order valence-electron chi connectivity index (χ3n) is 4.97. The molecule has 1 atom stereocenters. The van der Waals surface area contributed by atoms with Crippen LogP contribution in [0.5, 0.6) is 11.5 Å². The van der Waals surface area contributed by atoms with Crippen molar-refractivity contribution < 1.29 is 36.2 Å². The van der Waals surface area contributed by atoms with Gasteiger partial charge in [0.2, 0.25) is 40.6 Å². The first-order valence-electron chi connectivity index (χ1n) is 9.22. The average molecular weight is 447 g/mol. The maximum Gasteiger partial charge on any atom is 0.214 e. The number of Topliss-reactive ketones (excluding diaryl/α,β-unsaturated/α-hetero) is 1. The third kappa shape index (κ3) is 4.18. The van der Waals surface area contributed by atoms with Crippen molar-refractivity contribution in [1.29, 1.82) is 0 Å². The molecular formula is C21H20F5O3S+. The first kappa shape index (κ1) is 22.6. The van der Waals surface area contributed by atoms with Gasteiger partial charge in [0.15, 0.2) is 5.25 Å². The van der Waals surface area contributed by atoms with Crippen molar-refractivity contribution in [3.05, 3.63) is 57.9 Å². The second-order valence-corrected chi connectivity index (χ2v) is 9.60. The van der Waals surface area contributed by atoms with Gasteiger partial charge in [-0.3, -0.25) is 4.79 Å². The Morgan fingerprint density at radius 2 is 1.37 bits per heavy atom. The van der Waals surface area contributed by atoms with Gasteiger partial charge in [0.25, 0.3) is 0 Å². The van der Waals surface area contributed by atoms with Gasteiger partial charge >= 0.3 is 0 Å². The Kier molecular flexibility index (Phi) is 6.71. The molecule has 0 saturated carbocycles. The van der Waals surface area contributed by atoms with Crippen LogP contribution in [-0.2, 0) is 15.6 Å². The molecule has 0 bridgehead atoms. The van der Waals surface area contributed by atoms with Crippen molar-refractivity contribution in [3.63, 3.8) is 0 Å². The fraction of sp³-hybridized carbons (Fsp3) is 0.381. The molecule has 162 valence electrons. The normalized spacial score (nSPS) is 15.9. The van der Waals surface area contributed by atoms with Crippen LogP contribution in [0.3, 0.4) is 0 Å². The molecule has 1 unspecified atom stereocenters. The van der Waals surface area contributed by atoms with Crippen LogP contribution in [0.4, 0.5) is 22.0 Å². The molecule has 0 N–H and O–H groups in total. The molecule has 9 heteroatoms. The van der Waals surface area contributed by atoms with Crippen molar-refractivity contribution in [1.82, 2.24) is 0 Å². The largest absolute Gasteiger partial charge is 0.450 e. The highest BCUT2D eigenvalue weighted by molar-refractivity contribution is 7.98. The van der Waals surface area contributed by atoms with E-state index < -0.39 is 34.8 Å². The minimum atomic E-state index is -2.25. The summed E-state index contributed by atoms with van der Waals surface area (Å²) in [5.74, 6) is -10.4. The zero-order valence-electron chi connectivity index (χ0n) is 16.6. The SMILES string of the molecule is Cc1cc(C(=O)C(C)[S+]2CCOCC2)cc(C)c1Oc1c(F)c(F)c(F)c(F)c1F. The summed E-state index contributed by atoms with van der Waals surface area (Å²) in [7, 11) is -0.108. The molecule has 2 aromatic carbocycles. The molecule has 3 rings (SSSR count). The van der Waals surface area contributed by atoms with E-state index in [0.29, 0.717) is 29.9 Å². The van der Waals surface area contributed by atoms with E-state index in [1.165, 1.54) is 26.0 Å². The number of carbonyl (C=O) groups excluding carboxylic acids is 1. The van der Waals surface area contributed by atoms with E-state index in [1.807, 2.05) is 6.92 Å². The standard InChI is InChI=1S/C21H20F5O3S/c1-10-8-13(19(27)12(3)30-6-4-28-5-7-30)9-11(2)20(10)29-21-17(25)15(23)14(22)16(24)18(21)26/h8-9,12H,4-7H2,1-3H3/q+1. The Balaban J connectivity index is 1.92. The van der Waals surface area contributed by atoms with Gasteiger partial charge in [0.1, 0.15) is 17.3 Å². The van der Waals surface area contributed by atoms with E-state index >= 15 is 0 Å². The molecule has 1 saturated heterocycles. The smallest absolute Gasteiger partial charge is 0.214 e. The molecule has 0 amide bonds. The van der Waals surface area contributed by atoms with Gasteiger partial charge in [-0.1, -0.05) is 0 Å². The zero-order valence-corrected chi connectivity index (χ0v) is 17.4. The average Bonchev–Trinajstić information content (AvgIpc) is 2.74. The number of aryl methyl sites for hydroxylation is 2. The van der Waals surface area contributed by atoms with Crippen LogP contribution in [0.25, 0.3) is 0 Å². The Morgan fingerprint density at radius 3 is 1.87 bits per heavy atom. The van der Waals surface area contributed by atoms with E-state index in [4.69, 9.17) is 9.47 Å². The lowest BCUT2D eigenvalue weighted by Gasteiger charge is -2.20. The topological polar surface area (TPSA) is 35.5 Å². The number of benzene rings is 2. The third-order valence-corrected chi connectivity index (χ3v) is 7.56. The lowest BCUT2D eigenvalue weighted by atomic mass is 10.0. The minimum absolute atomic E-state index is 0.0732. The van der Waals surface area contributed by atoms with Crippen molar-refractivity contribution in [2.75, 3.05) is 24.7 Å². The molecule has 0 aliphatic carbocycles. The predicted molar refractivity (Wildman–Crippen MR) is 104 cm³/mol. The maximum atomic E-state index is 14.0. The summed E-state index contributed by atoms with van der Waals surface area (Å²) in [4.78, 5) is 12.9. The highest BCUT2D eigenvalue weighted by Gasteiger charge is 2.35. The maximum absolute atomic E-state index is 14.0. The van der Waals surface area contributed by atoms with Crippen LogP contribution < -0.4 is 4.74 Å². The van der Waals surface area contributed by atoms with Gasteiger partial charge in [0.05, 0.1) is 13.2 Å².